The van der Waals surface area contributed by atoms with E-state index in [0.717, 1.165) is 24.2 Å². The monoisotopic (exact) mass is 194 g/mol. The first kappa shape index (κ1) is 9.38. The van der Waals surface area contributed by atoms with E-state index in [-0.39, 0.29) is 0 Å². The molecule has 0 spiro atoms. The van der Waals surface area contributed by atoms with Gasteiger partial charge in [-0.2, -0.15) is 11.8 Å². The fourth-order valence-corrected chi connectivity index (χ4v) is 1.92. The lowest BCUT2D eigenvalue weighted by molar-refractivity contribution is 0.322. The summed E-state index contributed by atoms with van der Waals surface area (Å²) < 4.78 is 5.50. The third-order valence-electron chi connectivity index (χ3n) is 1.98. The molecule has 0 aromatic rings. The molecule has 0 aromatic carbocycles. The van der Waals surface area contributed by atoms with Crippen molar-refractivity contribution in [2.45, 2.75) is 6.04 Å². The quantitative estimate of drug-likeness (QED) is 0.680. The maximum atomic E-state index is 5.50. The van der Waals surface area contributed by atoms with Gasteiger partial charge in [0.05, 0.1) is 12.0 Å². The number of aliphatic imine (C=N–C) groups is 1. The van der Waals surface area contributed by atoms with Crippen LogP contribution in [0.15, 0.2) is 4.99 Å². The van der Waals surface area contributed by atoms with Gasteiger partial charge in [0.25, 0.3) is 0 Å². The Kier molecular flexibility index (Phi) is 3.14. The average molecular weight is 194 g/mol. The van der Waals surface area contributed by atoms with Crippen LogP contribution in [0.1, 0.15) is 0 Å². The van der Waals surface area contributed by atoms with Gasteiger partial charge in [0, 0.05) is 5.75 Å². The topological polar surface area (TPSA) is 21.6 Å². The lowest BCUT2D eigenvalue weighted by Gasteiger charge is -2.05. The number of ether oxygens (including phenoxy) is 1. The minimum Gasteiger partial charge on any atom is -0.478 e. The van der Waals surface area contributed by atoms with Crippen molar-refractivity contribution in [2.75, 3.05) is 18.6 Å². The van der Waals surface area contributed by atoms with Crippen molar-refractivity contribution in [3.8, 4) is 0 Å². The largest absolute Gasteiger partial charge is 0.478 e. The summed E-state index contributed by atoms with van der Waals surface area (Å²) in [5, 5.41) is 0. The van der Waals surface area contributed by atoms with E-state index in [1.165, 1.54) is 0 Å². The molecule has 0 bridgehead atoms. The maximum absolute atomic E-state index is 5.50. The molecular weight excluding hydrogens is 182 g/mol. The molecule has 0 amide bonds. The molecular formula is C10H12NOS. The molecule has 1 saturated carbocycles. The van der Waals surface area contributed by atoms with E-state index in [1.54, 1.807) is 0 Å². The zero-order chi connectivity index (χ0) is 9.10. The molecule has 1 fully saturated rings. The Bertz CT molecular complexity index is 199. The van der Waals surface area contributed by atoms with Crippen LogP contribution in [0.5, 0.6) is 0 Å². The Hall–Kier alpha value is -0.180. The minimum absolute atomic E-state index is 0.347. The van der Waals surface area contributed by atoms with E-state index in [4.69, 9.17) is 4.74 Å². The second kappa shape index (κ2) is 4.36. The van der Waals surface area contributed by atoms with Gasteiger partial charge in [-0.25, -0.2) is 4.99 Å². The van der Waals surface area contributed by atoms with E-state index >= 15 is 0 Å². The van der Waals surface area contributed by atoms with E-state index in [0.29, 0.717) is 6.04 Å². The van der Waals surface area contributed by atoms with E-state index in [2.05, 4.69) is 11.2 Å². The summed E-state index contributed by atoms with van der Waals surface area (Å²) in [6.45, 7) is 0.737. The minimum atomic E-state index is 0.347. The van der Waals surface area contributed by atoms with Crippen LogP contribution < -0.4 is 0 Å². The summed E-state index contributed by atoms with van der Waals surface area (Å²) >= 11 is 1.81. The zero-order valence-electron chi connectivity index (χ0n) is 7.56. The van der Waals surface area contributed by atoms with Gasteiger partial charge in [0.1, 0.15) is 6.61 Å². The summed E-state index contributed by atoms with van der Waals surface area (Å²) in [6, 6.07) is 0.347. The number of thioether (sulfide) groups is 1. The number of nitrogens with zero attached hydrogens (tertiary/aromatic N) is 1. The van der Waals surface area contributed by atoms with Crippen LogP contribution in [0, 0.1) is 31.6 Å². The third-order valence-corrected chi connectivity index (χ3v) is 2.70. The van der Waals surface area contributed by atoms with E-state index in [1.807, 2.05) is 37.4 Å². The molecule has 1 aliphatic carbocycles. The van der Waals surface area contributed by atoms with E-state index in [9.17, 15) is 0 Å². The fourth-order valence-electron chi connectivity index (χ4n) is 1.37. The SMILES string of the molecule is CSC[C@H]1COC([C]2[CH][CH][CH][CH]2)=N1. The molecule has 0 aromatic heterocycles. The standard InChI is InChI=1S/C10H12NOS/c1-13-7-9-6-12-10(11-9)8-4-2-3-5-8/h2-5,9H,6-7H2,1H3/t9-/m1/s1. The van der Waals surface area contributed by atoms with Crippen molar-refractivity contribution in [1.29, 1.82) is 0 Å². The van der Waals surface area contributed by atoms with Gasteiger partial charge in [0.15, 0.2) is 5.90 Å². The van der Waals surface area contributed by atoms with Crippen molar-refractivity contribution in [2.24, 2.45) is 4.99 Å². The predicted molar refractivity (Wildman–Crippen MR) is 56.0 cm³/mol. The van der Waals surface area contributed by atoms with Gasteiger partial charge in [-0.05, 0) is 31.9 Å². The van der Waals surface area contributed by atoms with Gasteiger partial charge in [-0.15, -0.1) is 0 Å². The Morgan fingerprint density at radius 2 is 2.31 bits per heavy atom. The highest BCUT2D eigenvalue weighted by Gasteiger charge is 2.29. The van der Waals surface area contributed by atoms with Crippen LogP contribution in [-0.4, -0.2) is 30.6 Å². The molecule has 1 heterocycles. The molecule has 2 aliphatic rings. The Balaban J connectivity index is 1.89. The van der Waals surface area contributed by atoms with Gasteiger partial charge >= 0.3 is 0 Å². The molecule has 2 nitrogen and oxygen atoms in total. The molecule has 1 atom stereocenters. The van der Waals surface area contributed by atoms with Crippen LogP contribution in [0.3, 0.4) is 0 Å². The highest BCUT2D eigenvalue weighted by molar-refractivity contribution is 7.98. The highest BCUT2D eigenvalue weighted by Crippen LogP contribution is 2.27. The van der Waals surface area contributed by atoms with Gasteiger partial charge in [-0.3, -0.25) is 0 Å². The molecule has 69 valence electrons. The average Bonchev–Trinajstić information content (AvgIpc) is 2.70. The molecule has 13 heavy (non-hydrogen) atoms. The third kappa shape index (κ3) is 2.19. The molecule has 0 unspecified atom stereocenters. The molecule has 0 saturated heterocycles. The van der Waals surface area contributed by atoms with Crippen molar-refractivity contribution >= 4 is 17.7 Å². The summed E-state index contributed by atoms with van der Waals surface area (Å²) in [5.41, 5.74) is 0. The number of rotatable bonds is 3. The molecule has 3 heteroatoms. The maximum Gasteiger partial charge on any atom is 0.191 e. The lowest BCUT2D eigenvalue weighted by atomic mass is 10.1. The fraction of sp³-hybridized carbons (Fsp3) is 0.400. The van der Waals surface area contributed by atoms with Crippen LogP contribution in [0.25, 0.3) is 0 Å². The number of hydrogen-bond acceptors (Lipinski definition) is 3. The molecule has 5 radical (unpaired) electrons. The smallest absolute Gasteiger partial charge is 0.191 e. The van der Waals surface area contributed by atoms with Crippen LogP contribution in [-0.2, 0) is 4.74 Å². The first-order valence-corrected chi connectivity index (χ1v) is 5.71. The molecule has 0 N–H and O–H groups in total. The van der Waals surface area contributed by atoms with Crippen molar-refractivity contribution in [3.05, 3.63) is 31.6 Å². The van der Waals surface area contributed by atoms with Gasteiger partial charge in [0.2, 0.25) is 0 Å². The van der Waals surface area contributed by atoms with Gasteiger partial charge < -0.3 is 4.74 Å². The second-order valence-corrected chi connectivity index (χ2v) is 3.94. The highest BCUT2D eigenvalue weighted by atomic mass is 32.2. The van der Waals surface area contributed by atoms with Gasteiger partial charge in [-0.1, -0.05) is 0 Å². The predicted octanol–water partition coefficient (Wildman–Crippen LogP) is 1.55. The van der Waals surface area contributed by atoms with Crippen molar-refractivity contribution in [1.82, 2.24) is 0 Å². The normalized spacial score (nSPS) is 29.0. The first-order chi connectivity index (χ1) is 6.40. The lowest BCUT2D eigenvalue weighted by Crippen LogP contribution is -2.10. The van der Waals surface area contributed by atoms with Crippen molar-refractivity contribution < 1.29 is 4.74 Å². The number of hydrogen-bond donors (Lipinski definition) is 0. The Morgan fingerprint density at radius 1 is 1.54 bits per heavy atom. The summed E-state index contributed by atoms with van der Waals surface area (Å²) in [5.74, 6) is 2.96. The summed E-state index contributed by atoms with van der Waals surface area (Å²) in [4.78, 5) is 4.49. The van der Waals surface area contributed by atoms with E-state index < -0.39 is 0 Å². The van der Waals surface area contributed by atoms with Crippen molar-refractivity contribution in [3.63, 3.8) is 0 Å². The summed E-state index contributed by atoms with van der Waals surface area (Å²) in [6.07, 6.45) is 10.2. The van der Waals surface area contributed by atoms with Crippen LogP contribution in [0.4, 0.5) is 0 Å². The zero-order valence-corrected chi connectivity index (χ0v) is 8.38. The molecule has 1 aliphatic heterocycles. The van der Waals surface area contributed by atoms with Crippen LogP contribution >= 0.6 is 11.8 Å². The second-order valence-electron chi connectivity index (χ2n) is 3.03. The first-order valence-electron chi connectivity index (χ1n) is 4.32. The molecule has 2 rings (SSSR count). The van der Waals surface area contributed by atoms with Crippen LogP contribution in [0.2, 0.25) is 0 Å². The Morgan fingerprint density at radius 3 is 3.00 bits per heavy atom. The Labute approximate surface area is 84.1 Å². The summed E-state index contributed by atoms with van der Waals surface area (Å²) in [7, 11) is 0.